The van der Waals surface area contributed by atoms with Gasteiger partial charge in [0, 0.05) is 25.1 Å². The molecule has 1 aromatic carbocycles. The number of amides is 1. The summed E-state index contributed by atoms with van der Waals surface area (Å²) in [4.78, 5) is 40.7. The lowest BCUT2D eigenvalue weighted by atomic mass is 9.93. The lowest BCUT2D eigenvalue weighted by molar-refractivity contribution is -0.158. The summed E-state index contributed by atoms with van der Waals surface area (Å²) in [5, 5.41) is 6.21. The number of alkyl halides is 6. The molecule has 0 bridgehead atoms. The van der Waals surface area contributed by atoms with Crippen molar-refractivity contribution < 1.29 is 50.1 Å². The van der Waals surface area contributed by atoms with Gasteiger partial charge in [0.05, 0.1) is 65.8 Å². The van der Waals surface area contributed by atoms with Crippen LogP contribution in [0.3, 0.4) is 0 Å². The van der Waals surface area contributed by atoms with Crippen LogP contribution in [0.5, 0.6) is 5.88 Å². The predicted molar refractivity (Wildman–Crippen MR) is 180 cm³/mol. The minimum absolute atomic E-state index is 0.00394. The van der Waals surface area contributed by atoms with Crippen molar-refractivity contribution in [1.29, 1.82) is 0 Å². The first-order valence-corrected chi connectivity index (χ1v) is 16.6. The number of hydrogen-bond donors (Lipinski definition) is 2. The first-order valence-electron chi connectivity index (χ1n) is 16.6. The summed E-state index contributed by atoms with van der Waals surface area (Å²) in [5.74, 6) is -0.962. The van der Waals surface area contributed by atoms with Crippen LogP contribution in [0.15, 0.2) is 36.5 Å². The Morgan fingerprint density at radius 1 is 1.00 bits per heavy atom. The van der Waals surface area contributed by atoms with Gasteiger partial charge in [-0.3, -0.25) is 9.69 Å². The normalized spacial score (nSPS) is 16.8. The van der Waals surface area contributed by atoms with Crippen LogP contribution in [-0.4, -0.2) is 58.9 Å². The maximum absolute atomic E-state index is 13.7. The SMILES string of the molecule is CCOC(=O)N1c2ccc(OC)nc2[C@@H](Nc2ncc(NCC(C)C(=O)OC(C)(C)C)c(Cc3cc(C(F)(F)F)cc(C(F)(F)F)c3)n2)C[C@H]1CC. The molecule has 1 aliphatic heterocycles. The highest BCUT2D eigenvalue weighted by molar-refractivity contribution is 5.90. The average Bonchev–Trinajstić information content (AvgIpc) is 3.05. The van der Waals surface area contributed by atoms with Crippen LogP contribution >= 0.6 is 0 Å². The second-order valence-corrected chi connectivity index (χ2v) is 13.3. The highest BCUT2D eigenvalue weighted by Gasteiger charge is 2.39. The summed E-state index contributed by atoms with van der Waals surface area (Å²) in [6.45, 7) is 10.5. The summed E-state index contributed by atoms with van der Waals surface area (Å²) in [6.07, 6.45) is -8.94. The molecule has 0 spiro atoms. The van der Waals surface area contributed by atoms with Gasteiger partial charge in [-0.15, -0.1) is 0 Å². The molecular formula is C35H42F6N6O5. The number of methoxy groups -OCH3 is 1. The molecule has 3 atom stereocenters. The quantitative estimate of drug-likeness (QED) is 0.147. The summed E-state index contributed by atoms with van der Waals surface area (Å²) < 4.78 is 98.5. The summed E-state index contributed by atoms with van der Waals surface area (Å²) in [6, 6.07) is 3.65. The number of carbonyl (C=O) groups excluding carboxylic acids is 2. The van der Waals surface area contributed by atoms with Crippen molar-refractivity contribution in [3.8, 4) is 5.88 Å². The Labute approximate surface area is 297 Å². The molecule has 0 saturated carbocycles. The summed E-state index contributed by atoms with van der Waals surface area (Å²) in [7, 11) is 1.43. The van der Waals surface area contributed by atoms with Gasteiger partial charge in [-0.25, -0.2) is 19.7 Å². The zero-order valence-corrected chi connectivity index (χ0v) is 29.8. The molecule has 0 fully saturated rings. The Kier molecular flexibility index (Phi) is 12.2. The van der Waals surface area contributed by atoms with Crippen molar-refractivity contribution in [3.05, 3.63) is 64.6 Å². The number of nitrogens with zero attached hydrogens (tertiary/aromatic N) is 4. The first-order chi connectivity index (χ1) is 24.2. The van der Waals surface area contributed by atoms with E-state index in [1.165, 1.54) is 18.2 Å². The van der Waals surface area contributed by atoms with Crippen LogP contribution in [0.1, 0.15) is 88.5 Å². The van der Waals surface area contributed by atoms with Gasteiger partial charge < -0.3 is 24.8 Å². The number of pyridine rings is 1. The lowest BCUT2D eigenvalue weighted by Crippen LogP contribution is -2.46. The Morgan fingerprint density at radius 3 is 2.21 bits per heavy atom. The minimum Gasteiger partial charge on any atom is -0.481 e. The van der Waals surface area contributed by atoms with Crippen LogP contribution < -0.4 is 20.3 Å². The van der Waals surface area contributed by atoms with Crippen molar-refractivity contribution in [2.45, 2.75) is 90.8 Å². The summed E-state index contributed by atoms with van der Waals surface area (Å²) >= 11 is 0. The van der Waals surface area contributed by atoms with Crippen molar-refractivity contribution >= 4 is 29.4 Å². The third kappa shape index (κ3) is 9.94. The van der Waals surface area contributed by atoms with E-state index in [-0.39, 0.29) is 54.0 Å². The summed E-state index contributed by atoms with van der Waals surface area (Å²) in [5.41, 5.74) is -2.90. The largest absolute Gasteiger partial charge is 0.481 e. The Morgan fingerprint density at radius 2 is 1.65 bits per heavy atom. The molecule has 2 aromatic heterocycles. The average molecular weight is 741 g/mol. The Bertz CT molecular complexity index is 1710. The molecule has 3 aromatic rings. The van der Waals surface area contributed by atoms with Crippen molar-refractivity contribution in [3.63, 3.8) is 0 Å². The number of fused-ring (bicyclic) bond motifs is 1. The monoisotopic (exact) mass is 740 g/mol. The number of nitrogens with one attached hydrogen (secondary N) is 2. The number of ether oxygens (including phenoxy) is 3. The number of esters is 1. The smallest absolute Gasteiger partial charge is 0.416 e. The second-order valence-electron chi connectivity index (χ2n) is 13.3. The molecule has 284 valence electrons. The van der Waals surface area contributed by atoms with E-state index >= 15 is 0 Å². The zero-order valence-electron chi connectivity index (χ0n) is 29.8. The molecule has 0 aliphatic carbocycles. The molecule has 3 heterocycles. The van der Waals surface area contributed by atoms with Crippen LogP contribution in [0, 0.1) is 5.92 Å². The molecule has 17 heteroatoms. The maximum atomic E-state index is 13.7. The predicted octanol–water partition coefficient (Wildman–Crippen LogP) is 8.20. The molecule has 4 rings (SSSR count). The van der Waals surface area contributed by atoms with Crippen molar-refractivity contribution in [2.24, 2.45) is 5.92 Å². The van der Waals surface area contributed by atoms with E-state index in [1.54, 1.807) is 46.8 Å². The molecule has 1 aliphatic rings. The number of hydrogen-bond acceptors (Lipinski definition) is 10. The van der Waals surface area contributed by atoms with E-state index < -0.39 is 59.5 Å². The van der Waals surface area contributed by atoms with E-state index in [1.807, 2.05) is 6.92 Å². The highest BCUT2D eigenvalue weighted by atomic mass is 19.4. The van der Waals surface area contributed by atoms with Crippen LogP contribution in [0.4, 0.5) is 48.5 Å². The zero-order chi connectivity index (χ0) is 38.6. The highest BCUT2D eigenvalue weighted by Crippen LogP contribution is 2.41. The van der Waals surface area contributed by atoms with E-state index in [9.17, 15) is 35.9 Å². The fourth-order valence-electron chi connectivity index (χ4n) is 5.61. The van der Waals surface area contributed by atoms with E-state index in [0.29, 0.717) is 36.4 Å². The van der Waals surface area contributed by atoms with Crippen LogP contribution in [0.2, 0.25) is 0 Å². The van der Waals surface area contributed by atoms with Gasteiger partial charge in [0.25, 0.3) is 0 Å². The second kappa shape index (κ2) is 15.8. The van der Waals surface area contributed by atoms with Crippen LogP contribution in [0.25, 0.3) is 0 Å². The fourth-order valence-corrected chi connectivity index (χ4v) is 5.61. The third-order valence-electron chi connectivity index (χ3n) is 8.08. The van der Waals surface area contributed by atoms with Gasteiger partial charge in [-0.1, -0.05) is 13.8 Å². The van der Waals surface area contributed by atoms with Gasteiger partial charge in [0.15, 0.2) is 0 Å². The first kappa shape index (κ1) is 39.9. The van der Waals surface area contributed by atoms with E-state index in [4.69, 9.17) is 14.2 Å². The topological polar surface area (TPSA) is 128 Å². The third-order valence-corrected chi connectivity index (χ3v) is 8.08. The van der Waals surface area contributed by atoms with E-state index in [2.05, 4.69) is 25.6 Å². The van der Waals surface area contributed by atoms with Gasteiger partial charge >= 0.3 is 24.4 Å². The maximum Gasteiger partial charge on any atom is 0.416 e. The molecule has 1 unspecified atom stereocenters. The molecule has 52 heavy (non-hydrogen) atoms. The molecular weight excluding hydrogens is 698 g/mol. The Hall–Kier alpha value is -4.83. The van der Waals surface area contributed by atoms with Gasteiger partial charge in [-0.2, -0.15) is 26.3 Å². The van der Waals surface area contributed by atoms with Gasteiger partial charge in [0.2, 0.25) is 11.8 Å². The number of anilines is 3. The van der Waals surface area contributed by atoms with Crippen LogP contribution in [-0.2, 0) is 33.0 Å². The number of benzene rings is 1. The Balaban J connectivity index is 1.76. The van der Waals surface area contributed by atoms with Gasteiger partial charge in [-0.05, 0) is 70.4 Å². The van der Waals surface area contributed by atoms with E-state index in [0.717, 1.165) is 0 Å². The van der Waals surface area contributed by atoms with Crippen molar-refractivity contribution in [2.75, 3.05) is 35.8 Å². The standard InChI is InChI=1S/C35H42F6N6O5/c1-8-23-16-25(29-27(10-11-28(46-29)50-7)47(23)32(49)51-9-2)45-31-43-18-26(42-17-19(3)30(48)52-33(4,5)6)24(44-31)14-20-12-21(34(36,37)38)15-22(13-20)35(39,40)41/h10-13,15,18-19,23,25,42H,8-9,14,16-17H2,1-7H3,(H,43,44,45)/t19?,23-,25+/m1/s1. The fraction of sp³-hybridized carbons (Fsp3) is 0.514. The number of carbonyl (C=O) groups is 2. The molecule has 0 saturated heterocycles. The minimum atomic E-state index is -5.05. The van der Waals surface area contributed by atoms with Gasteiger partial charge in [0.1, 0.15) is 5.60 Å². The number of aromatic nitrogens is 3. The molecule has 0 radical (unpaired) electrons. The molecule has 11 nitrogen and oxygen atoms in total. The van der Waals surface area contributed by atoms with Crippen molar-refractivity contribution in [1.82, 2.24) is 15.0 Å². The number of halogens is 6. The number of rotatable bonds is 11. The lowest BCUT2D eigenvalue weighted by Gasteiger charge is -2.39. The molecule has 1 amide bonds. The molecule has 2 N–H and O–H groups in total.